The Labute approximate surface area is 67.8 Å². The second-order valence-electron chi connectivity index (χ2n) is 2.77. The first-order chi connectivity index (χ1) is 5.26. The van der Waals surface area contributed by atoms with E-state index in [0.29, 0.717) is 0 Å². The molecule has 3 nitrogen and oxygen atoms in total. The van der Waals surface area contributed by atoms with Gasteiger partial charge in [-0.2, -0.15) is 4.37 Å². The van der Waals surface area contributed by atoms with E-state index >= 15 is 0 Å². The maximum Gasteiger partial charge on any atom is 0.315 e. The van der Waals surface area contributed by atoms with E-state index in [2.05, 4.69) is 4.37 Å². The molecule has 1 aliphatic rings. The van der Waals surface area contributed by atoms with Crippen LogP contribution in [0, 0.1) is 0 Å². The lowest BCUT2D eigenvalue weighted by molar-refractivity contribution is -0.140. The zero-order chi connectivity index (χ0) is 7.90. The molecule has 1 aromatic rings. The Morgan fingerprint density at radius 2 is 2.45 bits per heavy atom. The first-order valence-electron chi connectivity index (χ1n) is 3.40. The summed E-state index contributed by atoms with van der Waals surface area (Å²) < 4.78 is 4.03. The fraction of sp³-hybridized carbons (Fsp3) is 0.429. The molecule has 0 atom stereocenters. The van der Waals surface area contributed by atoms with Crippen LogP contribution < -0.4 is 0 Å². The Hall–Kier alpha value is -0.900. The van der Waals surface area contributed by atoms with Gasteiger partial charge in [0.15, 0.2) is 0 Å². The van der Waals surface area contributed by atoms with Crippen LogP contribution in [0.1, 0.15) is 18.5 Å². The Bertz CT molecular complexity index is 277. The summed E-state index contributed by atoms with van der Waals surface area (Å²) in [5, 5.41) is 10.7. The standard InChI is InChI=1S/C7H7NO2S/c9-6(10)7(2-3-7)5-1-4-11-8-5/h1,4H,2-3H2,(H,9,10). The summed E-state index contributed by atoms with van der Waals surface area (Å²) in [5.41, 5.74) is 0.120. The molecule has 2 rings (SSSR count). The average molecular weight is 169 g/mol. The second-order valence-corrected chi connectivity index (χ2v) is 3.44. The number of carbonyl (C=O) groups is 1. The van der Waals surface area contributed by atoms with E-state index in [1.54, 1.807) is 6.07 Å². The van der Waals surface area contributed by atoms with Gasteiger partial charge in [-0.05, 0) is 30.4 Å². The molecule has 0 radical (unpaired) electrons. The molecular formula is C7H7NO2S. The number of aromatic nitrogens is 1. The summed E-state index contributed by atoms with van der Waals surface area (Å²) in [5.74, 6) is -0.733. The van der Waals surface area contributed by atoms with Crippen LogP contribution in [-0.2, 0) is 10.2 Å². The van der Waals surface area contributed by atoms with Crippen LogP contribution >= 0.6 is 11.5 Å². The summed E-state index contributed by atoms with van der Waals surface area (Å²) >= 11 is 1.31. The van der Waals surface area contributed by atoms with Crippen LogP contribution in [0.2, 0.25) is 0 Å². The summed E-state index contributed by atoms with van der Waals surface area (Å²) in [6.07, 6.45) is 1.48. The largest absolute Gasteiger partial charge is 0.481 e. The fourth-order valence-electron chi connectivity index (χ4n) is 1.16. The van der Waals surface area contributed by atoms with Crippen LogP contribution in [0.4, 0.5) is 0 Å². The van der Waals surface area contributed by atoms with Gasteiger partial charge in [-0.1, -0.05) is 0 Å². The van der Waals surface area contributed by atoms with Gasteiger partial charge in [0.25, 0.3) is 0 Å². The van der Waals surface area contributed by atoms with Crippen molar-refractivity contribution in [2.24, 2.45) is 0 Å². The molecule has 0 unspecified atom stereocenters. The Morgan fingerprint density at radius 3 is 2.82 bits per heavy atom. The Morgan fingerprint density at radius 1 is 1.73 bits per heavy atom. The summed E-state index contributed by atoms with van der Waals surface area (Å²) in [7, 11) is 0. The van der Waals surface area contributed by atoms with E-state index in [1.807, 2.05) is 5.38 Å². The minimum absolute atomic E-state index is 0.611. The highest BCUT2D eigenvalue weighted by Crippen LogP contribution is 2.47. The maximum atomic E-state index is 10.7. The van der Waals surface area contributed by atoms with Crippen molar-refractivity contribution >= 4 is 17.5 Å². The van der Waals surface area contributed by atoms with E-state index in [1.165, 1.54) is 11.5 Å². The van der Waals surface area contributed by atoms with Gasteiger partial charge in [-0.15, -0.1) is 0 Å². The first kappa shape index (κ1) is 6.79. The second kappa shape index (κ2) is 2.04. The Balaban J connectivity index is 2.36. The van der Waals surface area contributed by atoms with Crippen LogP contribution in [0.5, 0.6) is 0 Å². The van der Waals surface area contributed by atoms with Gasteiger partial charge in [-0.25, -0.2) is 0 Å². The summed E-state index contributed by atoms with van der Waals surface area (Å²) in [6, 6.07) is 1.80. The van der Waals surface area contributed by atoms with Crippen molar-refractivity contribution in [1.29, 1.82) is 0 Å². The summed E-state index contributed by atoms with van der Waals surface area (Å²) in [4.78, 5) is 10.7. The maximum absolute atomic E-state index is 10.7. The first-order valence-corrected chi connectivity index (χ1v) is 4.24. The van der Waals surface area contributed by atoms with Gasteiger partial charge < -0.3 is 5.11 Å². The SMILES string of the molecule is O=C(O)C1(c2ccsn2)CC1. The van der Waals surface area contributed by atoms with Crippen molar-refractivity contribution in [3.8, 4) is 0 Å². The number of carboxylic acid groups (broad SMARTS) is 1. The highest BCUT2D eigenvalue weighted by atomic mass is 32.1. The topological polar surface area (TPSA) is 50.2 Å². The summed E-state index contributed by atoms with van der Waals surface area (Å²) in [6.45, 7) is 0. The monoisotopic (exact) mass is 169 g/mol. The van der Waals surface area contributed by atoms with Crippen molar-refractivity contribution in [3.05, 3.63) is 17.1 Å². The van der Waals surface area contributed by atoms with Gasteiger partial charge in [0.05, 0.1) is 5.69 Å². The molecule has 0 amide bonds. The molecule has 1 aromatic heterocycles. The molecule has 0 aromatic carbocycles. The smallest absolute Gasteiger partial charge is 0.315 e. The number of carboxylic acids is 1. The van der Waals surface area contributed by atoms with Crippen LogP contribution in [0.15, 0.2) is 11.4 Å². The lowest BCUT2D eigenvalue weighted by Gasteiger charge is -2.03. The molecular weight excluding hydrogens is 162 g/mol. The quantitative estimate of drug-likeness (QED) is 0.725. The van der Waals surface area contributed by atoms with Crippen molar-refractivity contribution in [3.63, 3.8) is 0 Å². The molecule has 0 aliphatic heterocycles. The van der Waals surface area contributed by atoms with E-state index in [0.717, 1.165) is 18.5 Å². The molecule has 0 spiro atoms. The predicted molar refractivity (Wildman–Crippen MR) is 40.7 cm³/mol. The molecule has 1 aliphatic carbocycles. The van der Waals surface area contributed by atoms with Crippen LogP contribution in [0.3, 0.4) is 0 Å². The van der Waals surface area contributed by atoms with Crippen molar-refractivity contribution in [2.75, 3.05) is 0 Å². The average Bonchev–Trinajstić information content (AvgIpc) is 2.61. The van der Waals surface area contributed by atoms with Gasteiger partial charge in [0.1, 0.15) is 5.41 Å². The highest BCUT2D eigenvalue weighted by molar-refractivity contribution is 7.03. The molecule has 1 saturated carbocycles. The number of rotatable bonds is 2. The Kier molecular flexibility index (Phi) is 1.26. The number of nitrogens with zero attached hydrogens (tertiary/aromatic N) is 1. The van der Waals surface area contributed by atoms with Gasteiger partial charge in [0, 0.05) is 5.38 Å². The molecule has 58 valence electrons. The molecule has 11 heavy (non-hydrogen) atoms. The lowest BCUT2D eigenvalue weighted by atomic mass is 10.0. The van der Waals surface area contributed by atoms with E-state index in [-0.39, 0.29) is 0 Å². The van der Waals surface area contributed by atoms with Crippen molar-refractivity contribution in [1.82, 2.24) is 4.37 Å². The van der Waals surface area contributed by atoms with Crippen LogP contribution in [0.25, 0.3) is 0 Å². The zero-order valence-electron chi connectivity index (χ0n) is 5.78. The van der Waals surface area contributed by atoms with Gasteiger partial charge >= 0.3 is 5.97 Å². The predicted octanol–water partition coefficient (Wildman–Crippen LogP) is 1.26. The van der Waals surface area contributed by atoms with E-state index in [4.69, 9.17) is 5.11 Å². The molecule has 1 heterocycles. The number of hydrogen-bond acceptors (Lipinski definition) is 3. The van der Waals surface area contributed by atoms with Gasteiger partial charge in [-0.3, -0.25) is 4.79 Å². The lowest BCUT2D eigenvalue weighted by Crippen LogP contribution is -2.19. The van der Waals surface area contributed by atoms with E-state index in [9.17, 15) is 4.79 Å². The van der Waals surface area contributed by atoms with E-state index < -0.39 is 11.4 Å². The van der Waals surface area contributed by atoms with Gasteiger partial charge in [0.2, 0.25) is 0 Å². The molecule has 0 bridgehead atoms. The number of aliphatic carboxylic acids is 1. The number of hydrogen-bond donors (Lipinski definition) is 1. The highest BCUT2D eigenvalue weighted by Gasteiger charge is 2.53. The third kappa shape index (κ3) is 0.860. The third-order valence-corrected chi connectivity index (χ3v) is 2.65. The van der Waals surface area contributed by atoms with Crippen LogP contribution in [-0.4, -0.2) is 15.4 Å². The molecule has 4 heteroatoms. The molecule has 1 fully saturated rings. The third-order valence-electron chi connectivity index (χ3n) is 2.09. The molecule has 0 saturated heterocycles. The molecule has 1 N–H and O–H groups in total. The fourth-order valence-corrected chi connectivity index (χ4v) is 1.76. The normalized spacial score (nSPS) is 19.6. The minimum atomic E-state index is -0.733. The minimum Gasteiger partial charge on any atom is -0.481 e. The van der Waals surface area contributed by atoms with Crippen molar-refractivity contribution in [2.45, 2.75) is 18.3 Å². The van der Waals surface area contributed by atoms with Crippen molar-refractivity contribution < 1.29 is 9.90 Å². The zero-order valence-corrected chi connectivity index (χ0v) is 6.60.